The third-order valence-corrected chi connectivity index (χ3v) is 4.65. The predicted molar refractivity (Wildman–Crippen MR) is 107 cm³/mol. The smallest absolute Gasteiger partial charge is 0.381 e. The standard InChI is InChI=1S/C22H19ClF2N2O2/c1-2-3-4-5-14-12-26-21(27-13-14)22(28)29-16-7-8-17(19(24)11-16)15-6-9-18(23)20(25)10-15/h6-13H,2-5H2,1H3. The Labute approximate surface area is 172 Å². The molecule has 3 rings (SSSR count). The lowest BCUT2D eigenvalue weighted by Crippen LogP contribution is -2.13. The number of ether oxygens (including phenoxy) is 1. The first-order valence-corrected chi connectivity index (χ1v) is 9.63. The van der Waals surface area contributed by atoms with Crippen molar-refractivity contribution in [2.24, 2.45) is 0 Å². The third kappa shape index (κ3) is 5.35. The number of halogens is 3. The topological polar surface area (TPSA) is 52.1 Å². The van der Waals surface area contributed by atoms with Crippen LogP contribution in [0.4, 0.5) is 8.78 Å². The molecule has 0 amide bonds. The van der Waals surface area contributed by atoms with E-state index in [-0.39, 0.29) is 22.2 Å². The molecule has 0 unspecified atom stereocenters. The number of rotatable bonds is 7. The van der Waals surface area contributed by atoms with E-state index < -0.39 is 17.6 Å². The van der Waals surface area contributed by atoms with E-state index in [1.165, 1.54) is 24.3 Å². The fourth-order valence-electron chi connectivity index (χ4n) is 2.78. The normalized spacial score (nSPS) is 10.8. The molecule has 2 aromatic carbocycles. The van der Waals surface area contributed by atoms with Crippen LogP contribution in [0.5, 0.6) is 5.75 Å². The molecule has 150 valence electrons. The molecule has 0 aliphatic heterocycles. The Morgan fingerprint density at radius 2 is 1.79 bits per heavy atom. The molecule has 0 saturated carbocycles. The van der Waals surface area contributed by atoms with Crippen molar-refractivity contribution >= 4 is 17.6 Å². The first kappa shape index (κ1) is 20.9. The molecule has 0 radical (unpaired) electrons. The molecule has 0 N–H and O–H groups in total. The number of carbonyl (C=O) groups excluding carboxylic acids is 1. The average molecular weight is 417 g/mol. The highest BCUT2D eigenvalue weighted by Crippen LogP contribution is 2.29. The minimum atomic E-state index is -0.783. The Kier molecular flexibility index (Phi) is 6.88. The third-order valence-electron chi connectivity index (χ3n) is 4.34. The fourth-order valence-corrected chi connectivity index (χ4v) is 2.90. The van der Waals surface area contributed by atoms with Gasteiger partial charge in [0.2, 0.25) is 5.82 Å². The van der Waals surface area contributed by atoms with Crippen molar-refractivity contribution in [3.63, 3.8) is 0 Å². The Morgan fingerprint density at radius 3 is 2.45 bits per heavy atom. The van der Waals surface area contributed by atoms with Crippen LogP contribution in [0.15, 0.2) is 48.8 Å². The van der Waals surface area contributed by atoms with Gasteiger partial charge < -0.3 is 4.74 Å². The van der Waals surface area contributed by atoms with Gasteiger partial charge in [-0.3, -0.25) is 0 Å². The lowest BCUT2D eigenvalue weighted by Gasteiger charge is -2.08. The number of nitrogens with zero attached hydrogens (tertiary/aromatic N) is 2. The summed E-state index contributed by atoms with van der Waals surface area (Å²) in [6.07, 6.45) is 7.31. The summed E-state index contributed by atoms with van der Waals surface area (Å²) in [7, 11) is 0. The van der Waals surface area contributed by atoms with Crippen LogP contribution in [-0.4, -0.2) is 15.9 Å². The first-order chi connectivity index (χ1) is 14.0. The molecule has 0 saturated heterocycles. The molecule has 0 bridgehead atoms. The molecule has 0 spiro atoms. The summed E-state index contributed by atoms with van der Waals surface area (Å²) in [6, 6.07) is 7.87. The van der Waals surface area contributed by atoms with E-state index >= 15 is 0 Å². The van der Waals surface area contributed by atoms with Crippen LogP contribution in [0.3, 0.4) is 0 Å². The van der Waals surface area contributed by atoms with Gasteiger partial charge in [0.1, 0.15) is 17.4 Å². The van der Waals surface area contributed by atoms with Gasteiger partial charge in [-0.05, 0) is 48.2 Å². The van der Waals surface area contributed by atoms with E-state index in [0.29, 0.717) is 5.56 Å². The maximum atomic E-state index is 14.4. The minimum Gasteiger partial charge on any atom is -0.421 e. The lowest BCUT2D eigenvalue weighted by atomic mass is 10.0. The molecule has 1 aromatic heterocycles. The van der Waals surface area contributed by atoms with Crippen molar-refractivity contribution in [1.82, 2.24) is 9.97 Å². The van der Waals surface area contributed by atoms with Crippen molar-refractivity contribution in [1.29, 1.82) is 0 Å². The number of unbranched alkanes of at least 4 members (excludes halogenated alkanes) is 2. The van der Waals surface area contributed by atoms with Gasteiger partial charge in [0.25, 0.3) is 0 Å². The second-order valence-corrected chi connectivity index (χ2v) is 6.94. The molecule has 7 heteroatoms. The van der Waals surface area contributed by atoms with Crippen LogP contribution >= 0.6 is 11.6 Å². The molecular formula is C22H19ClF2N2O2. The number of aromatic nitrogens is 2. The number of hydrogen-bond donors (Lipinski definition) is 0. The average Bonchev–Trinajstić information content (AvgIpc) is 2.71. The zero-order valence-electron chi connectivity index (χ0n) is 15.8. The Morgan fingerprint density at radius 1 is 1.03 bits per heavy atom. The zero-order valence-corrected chi connectivity index (χ0v) is 16.5. The summed E-state index contributed by atoms with van der Waals surface area (Å²) in [5.41, 5.74) is 1.43. The fraction of sp³-hybridized carbons (Fsp3) is 0.227. The van der Waals surface area contributed by atoms with Gasteiger partial charge in [-0.15, -0.1) is 0 Å². The van der Waals surface area contributed by atoms with E-state index in [9.17, 15) is 13.6 Å². The molecule has 0 fully saturated rings. The van der Waals surface area contributed by atoms with E-state index in [1.807, 2.05) is 0 Å². The van der Waals surface area contributed by atoms with Gasteiger partial charge in [-0.2, -0.15) is 0 Å². The number of aryl methyl sites for hydroxylation is 1. The molecular weight excluding hydrogens is 398 g/mol. The van der Waals surface area contributed by atoms with Gasteiger partial charge in [0.15, 0.2) is 0 Å². The Hall–Kier alpha value is -2.86. The summed E-state index contributed by atoms with van der Waals surface area (Å²) in [4.78, 5) is 20.3. The summed E-state index contributed by atoms with van der Waals surface area (Å²) < 4.78 is 33.2. The zero-order chi connectivity index (χ0) is 20.8. The van der Waals surface area contributed by atoms with Crippen LogP contribution in [0.1, 0.15) is 42.4 Å². The second-order valence-electron chi connectivity index (χ2n) is 6.53. The largest absolute Gasteiger partial charge is 0.421 e. The Bertz CT molecular complexity index is 1010. The van der Waals surface area contributed by atoms with E-state index in [2.05, 4.69) is 16.9 Å². The second kappa shape index (κ2) is 9.56. The van der Waals surface area contributed by atoms with Crippen molar-refractivity contribution in [2.75, 3.05) is 0 Å². The summed E-state index contributed by atoms with van der Waals surface area (Å²) in [6.45, 7) is 2.12. The highest BCUT2D eigenvalue weighted by atomic mass is 35.5. The van der Waals surface area contributed by atoms with Gasteiger partial charge in [-0.1, -0.05) is 37.4 Å². The quantitative estimate of drug-likeness (QED) is 0.268. The maximum absolute atomic E-state index is 14.4. The monoisotopic (exact) mass is 416 g/mol. The van der Waals surface area contributed by atoms with Crippen LogP contribution in [0.25, 0.3) is 11.1 Å². The first-order valence-electron chi connectivity index (χ1n) is 9.26. The summed E-state index contributed by atoms with van der Waals surface area (Å²) >= 11 is 5.65. The summed E-state index contributed by atoms with van der Waals surface area (Å²) in [5, 5.41) is -0.0453. The number of hydrogen-bond acceptors (Lipinski definition) is 4. The van der Waals surface area contributed by atoms with Crippen LogP contribution in [-0.2, 0) is 6.42 Å². The molecule has 0 aliphatic rings. The molecule has 0 atom stereocenters. The molecule has 3 aromatic rings. The maximum Gasteiger partial charge on any atom is 0.381 e. The predicted octanol–water partition coefficient (Wildman–Crippen LogP) is 6.03. The number of carbonyl (C=O) groups is 1. The van der Waals surface area contributed by atoms with E-state index in [0.717, 1.165) is 43.4 Å². The van der Waals surface area contributed by atoms with Gasteiger partial charge in [0, 0.05) is 24.0 Å². The van der Waals surface area contributed by atoms with Crippen LogP contribution in [0.2, 0.25) is 5.02 Å². The van der Waals surface area contributed by atoms with Crippen LogP contribution < -0.4 is 4.74 Å². The summed E-state index contributed by atoms with van der Waals surface area (Å²) in [5.74, 6) is -2.19. The lowest BCUT2D eigenvalue weighted by molar-refractivity contribution is 0.0721. The van der Waals surface area contributed by atoms with Crippen molar-refractivity contribution in [2.45, 2.75) is 32.6 Å². The number of benzene rings is 2. The van der Waals surface area contributed by atoms with Crippen molar-refractivity contribution < 1.29 is 18.3 Å². The SMILES string of the molecule is CCCCCc1cnc(C(=O)Oc2ccc(-c3ccc(Cl)c(F)c3)c(F)c2)nc1. The highest BCUT2D eigenvalue weighted by molar-refractivity contribution is 6.30. The van der Waals surface area contributed by atoms with E-state index in [4.69, 9.17) is 16.3 Å². The molecule has 29 heavy (non-hydrogen) atoms. The molecule has 1 heterocycles. The Balaban J connectivity index is 1.69. The minimum absolute atomic E-state index is 0.00121. The van der Waals surface area contributed by atoms with Crippen molar-refractivity contribution in [3.05, 3.63) is 76.8 Å². The highest BCUT2D eigenvalue weighted by Gasteiger charge is 2.15. The van der Waals surface area contributed by atoms with Gasteiger partial charge in [-0.25, -0.2) is 23.5 Å². The van der Waals surface area contributed by atoms with Crippen molar-refractivity contribution in [3.8, 4) is 16.9 Å². The molecule has 4 nitrogen and oxygen atoms in total. The number of esters is 1. The van der Waals surface area contributed by atoms with Gasteiger partial charge in [0.05, 0.1) is 5.02 Å². The van der Waals surface area contributed by atoms with E-state index in [1.54, 1.807) is 12.4 Å². The molecule has 0 aliphatic carbocycles. The van der Waals surface area contributed by atoms with Gasteiger partial charge >= 0.3 is 5.97 Å². The van der Waals surface area contributed by atoms with Crippen LogP contribution in [0, 0.1) is 11.6 Å².